The van der Waals surface area contributed by atoms with Crippen LogP contribution in [0.2, 0.25) is 0 Å². The van der Waals surface area contributed by atoms with E-state index < -0.39 is 29.3 Å². The minimum atomic E-state index is -4.66. The number of alkyl halides is 3. The van der Waals surface area contributed by atoms with Crippen LogP contribution in [0.15, 0.2) is 73.2 Å². The van der Waals surface area contributed by atoms with E-state index in [4.69, 9.17) is 0 Å². The molecule has 0 saturated heterocycles. The maximum atomic E-state index is 14.0. The molecular formula is C24H17F4N5O. The predicted octanol–water partition coefficient (Wildman–Crippen LogP) is 6.37. The first-order valence-electron chi connectivity index (χ1n) is 10.2. The smallest absolute Gasteiger partial charge is 0.346 e. The topological polar surface area (TPSA) is 74.7 Å². The molecule has 5 rings (SSSR count). The molecule has 0 aliphatic carbocycles. The fourth-order valence-electron chi connectivity index (χ4n) is 3.88. The summed E-state index contributed by atoms with van der Waals surface area (Å²) in [4.78, 5) is 19.8. The molecule has 0 unspecified atom stereocenters. The van der Waals surface area contributed by atoms with Gasteiger partial charge in [-0.05, 0) is 54.1 Å². The van der Waals surface area contributed by atoms with Gasteiger partial charge in [-0.1, -0.05) is 6.07 Å². The zero-order chi connectivity index (χ0) is 23.9. The summed E-state index contributed by atoms with van der Waals surface area (Å²) in [5.41, 5.74) is 1.49. The molecule has 3 aromatic heterocycles. The number of halogens is 4. The number of anilines is 2. The molecule has 172 valence electrons. The normalized spacial score (nSPS) is 11.8. The van der Waals surface area contributed by atoms with E-state index in [9.17, 15) is 22.4 Å². The van der Waals surface area contributed by atoms with Crippen molar-refractivity contribution in [1.82, 2.24) is 14.5 Å². The third-order valence-electron chi connectivity index (χ3n) is 5.49. The Morgan fingerprint density at radius 2 is 1.82 bits per heavy atom. The van der Waals surface area contributed by atoms with Crippen LogP contribution >= 0.6 is 0 Å². The Bertz CT molecular complexity index is 1520. The summed E-state index contributed by atoms with van der Waals surface area (Å²) in [7, 11) is 0. The zero-order valence-electron chi connectivity index (χ0n) is 17.4. The van der Waals surface area contributed by atoms with Gasteiger partial charge in [0.15, 0.2) is 0 Å². The number of H-pyrrole nitrogens is 1. The molecule has 0 fully saturated rings. The van der Waals surface area contributed by atoms with Crippen molar-refractivity contribution in [2.24, 2.45) is 0 Å². The highest BCUT2D eigenvalue weighted by atomic mass is 19.4. The fraction of sp³-hybridized carbons (Fsp3) is 0.0833. The van der Waals surface area contributed by atoms with E-state index in [1.807, 2.05) is 41.2 Å². The van der Waals surface area contributed by atoms with Gasteiger partial charge < -0.3 is 20.2 Å². The molecular weight excluding hydrogens is 450 g/mol. The Morgan fingerprint density at radius 1 is 1.00 bits per heavy atom. The van der Waals surface area contributed by atoms with Crippen LogP contribution in [0.25, 0.3) is 21.9 Å². The number of nitrogens with zero attached hydrogens (tertiary/aromatic N) is 2. The number of fused-ring (bicyclic) bond motifs is 2. The summed E-state index contributed by atoms with van der Waals surface area (Å²) < 4.78 is 54.8. The van der Waals surface area contributed by atoms with Gasteiger partial charge in [0.2, 0.25) is 0 Å². The molecule has 0 aliphatic rings. The molecule has 3 heterocycles. The van der Waals surface area contributed by atoms with Crippen LogP contribution in [-0.2, 0) is 12.7 Å². The first-order chi connectivity index (χ1) is 16.3. The molecule has 2 amide bonds. The first kappa shape index (κ1) is 21.5. The monoisotopic (exact) mass is 467 g/mol. The lowest BCUT2D eigenvalue weighted by atomic mass is 10.2. The number of urea groups is 1. The molecule has 0 bridgehead atoms. The minimum Gasteiger partial charge on any atom is -0.346 e. The van der Waals surface area contributed by atoms with Crippen molar-refractivity contribution in [3.63, 3.8) is 0 Å². The number of aromatic nitrogens is 3. The van der Waals surface area contributed by atoms with Crippen molar-refractivity contribution < 1.29 is 22.4 Å². The summed E-state index contributed by atoms with van der Waals surface area (Å²) in [6.45, 7) is 0.561. The third kappa shape index (κ3) is 4.05. The molecule has 5 aromatic rings. The number of benzene rings is 2. The highest BCUT2D eigenvalue weighted by molar-refractivity contribution is 6.06. The van der Waals surface area contributed by atoms with E-state index in [-0.39, 0.29) is 0 Å². The van der Waals surface area contributed by atoms with Crippen LogP contribution in [0, 0.1) is 5.82 Å². The van der Waals surface area contributed by atoms with Crippen molar-refractivity contribution in [2.45, 2.75) is 12.7 Å². The van der Waals surface area contributed by atoms with E-state index in [1.54, 1.807) is 18.3 Å². The van der Waals surface area contributed by atoms with Gasteiger partial charge in [-0.15, -0.1) is 0 Å². The number of hydrogen-bond acceptors (Lipinski definition) is 2. The maximum absolute atomic E-state index is 14.0. The maximum Gasteiger partial charge on any atom is 0.416 e. The van der Waals surface area contributed by atoms with Crippen LogP contribution in [0.1, 0.15) is 11.1 Å². The van der Waals surface area contributed by atoms with E-state index in [0.717, 1.165) is 27.5 Å². The van der Waals surface area contributed by atoms with Gasteiger partial charge in [0.25, 0.3) is 0 Å². The molecule has 34 heavy (non-hydrogen) atoms. The van der Waals surface area contributed by atoms with E-state index in [2.05, 4.69) is 20.6 Å². The Labute approximate surface area is 190 Å². The van der Waals surface area contributed by atoms with Crippen molar-refractivity contribution in [3.05, 3.63) is 90.1 Å². The summed E-state index contributed by atoms with van der Waals surface area (Å²) in [6, 6.07) is 12.0. The second kappa shape index (κ2) is 8.22. The molecule has 0 atom stereocenters. The van der Waals surface area contributed by atoms with Gasteiger partial charge >= 0.3 is 12.2 Å². The molecule has 0 saturated carbocycles. The van der Waals surface area contributed by atoms with E-state index in [1.165, 1.54) is 0 Å². The van der Waals surface area contributed by atoms with Crippen LogP contribution in [0.3, 0.4) is 0 Å². The van der Waals surface area contributed by atoms with E-state index in [0.29, 0.717) is 30.4 Å². The van der Waals surface area contributed by atoms with Crippen molar-refractivity contribution in [3.8, 4) is 0 Å². The average Bonchev–Trinajstić information content (AvgIpc) is 3.43. The number of aromatic amines is 1. The van der Waals surface area contributed by atoms with Gasteiger partial charge in [-0.25, -0.2) is 14.2 Å². The molecule has 0 spiro atoms. The van der Waals surface area contributed by atoms with Crippen molar-refractivity contribution >= 4 is 39.3 Å². The Kier molecular flexibility index (Phi) is 5.20. The van der Waals surface area contributed by atoms with Crippen molar-refractivity contribution in [1.29, 1.82) is 0 Å². The first-order valence-corrected chi connectivity index (χ1v) is 10.2. The highest BCUT2D eigenvalue weighted by Gasteiger charge is 2.31. The summed E-state index contributed by atoms with van der Waals surface area (Å²) in [5.74, 6) is -0.971. The molecule has 0 radical (unpaired) electrons. The van der Waals surface area contributed by atoms with E-state index >= 15 is 0 Å². The van der Waals surface area contributed by atoms with Gasteiger partial charge in [0, 0.05) is 35.9 Å². The van der Waals surface area contributed by atoms with Crippen molar-refractivity contribution in [2.75, 3.05) is 10.6 Å². The molecule has 0 aliphatic heterocycles. The fourth-order valence-corrected chi connectivity index (χ4v) is 3.88. The second-order valence-corrected chi connectivity index (χ2v) is 7.66. The lowest BCUT2D eigenvalue weighted by Gasteiger charge is -2.12. The summed E-state index contributed by atoms with van der Waals surface area (Å²) in [5, 5.41) is 6.48. The molecule has 3 N–H and O–H groups in total. The lowest BCUT2D eigenvalue weighted by molar-refractivity contribution is -0.137. The minimum absolute atomic E-state index is 0.433. The highest BCUT2D eigenvalue weighted by Crippen LogP contribution is 2.32. The van der Waals surface area contributed by atoms with Crippen LogP contribution in [0.5, 0.6) is 0 Å². The molecule has 10 heteroatoms. The van der Waals surface area contributed by atoms with Gasteiger partial charge in [-0.3, -0.25) is 0 Å². The van der Waals surface area contributed by atoms with Gasteiger partial charge in [-0.2, -0.15) is 13.2 Å². The predicted molar refractivity (Wildman–Crippen MR) is 121 cm³/mol. The molecule has 6 nitrogen and oxygen atoms in total. The number of hydrogen-bond donors (Lipinski definition) is 3. The number of rotatable bonds is 4. The number of amides is 2. The quantitative estimate of drug-likeness (QED) is 0.269. The van der Waals surface area contributed by atoms with Crippen LogP contribution in [0.4, 0.5) is 33.7 Å². The Hall–Kier alpha value is -4.34. The van der Waals surface area contributed by atoms with Crippen LogP contribution < -0.4 is 10.6 Å². The average molecular weight is 467 g/mol. The summed E-state index contributed by atoms with van der Waals surface area (Å²) in [6.07, 6.45) is 0.766. The largest absolute Gasteiger partial charge is 0.416 e. The number of carbonyl (C=O) groups is 1. The van der Waals surface area contributed by atoms with Gasteiger partial charge in [0.05, 0.1) is 22.5 Å². The summed E-state index contributed by atoms with van der Waals surface area (Å²) >= 11 is 0. The SMILES string of the molecule is O=C(Nc1cc(C(F)(F)F)ccc1F)Nc1cccc2c1ccn2Cc1ccnc2[nH]ccc12. The molecule has 2 aromatic carbocycles. The lowest BCUT2D eigenvalue weighted by Crippen LogP contribution is -2.20. The Morgan fingerprint density at radius 3 is 2.65 bits per heavy atom. The Balaban J connectivity index is 1.39. The second-order valence-electron chi connectivity index (χ2n) is 7.66. The van der Waals surface area contributed by atoms with Gasteiger partial charge in [0.1, 0.15) is 11.5 Å². The third-order valence-corrected chi connectivity index (χ3v) is 5.49. The standard InChI is InChI=1S/C24H17F4N5O/c25-18-5-4-15(24(26,27)28)12-20(18)32-23(34)31-19-2-1-3-21-17(19)8-11-33(21)13-14-6-9-29-22-16(14)7-10-30-22/h1-12H,13H2,(H,29,30)(H2,31,32,34). The number of pyridine rings is 1. The number of nitrogens with one attached hydrogen (secondary N) is 3. The zero-order valence-corrected chi connectivity index (χ0v) is 17.4. The van der Waals surface area contributed by atoms with Crippen LogP contribution in [-0.4, -0.2) is 20.6 Å². The number of carbonyl (C=O) groups excluding carboxylic acids is 1.